The zero-order valence-electron chi connectivity index (χ0n) is 14.1. The molecule has 1 amide bonds. The number of H-pyrrole nitrogens is 1. The molecule has 0 saturated heterocycles. The third-order valence-electron chi connectivity index (χ3n) is 4.01. The van der Waals surface area contributed by atoms with Gasteiger partial charge in [0.15, 0.2) is 4.96 Å². The van der Waals surface area contributed by atoms with Gasteiger partial charge in [-0.1, -0.05) is 12.1 Å². The summed E-state index contributed by atoms with van der Waals surface area (Å²) in [5.74, 6) is -0.226. The molecule has 9 heteroatoms. The van der Waals surface area contributed by atoms with Crippen LogP contribution in [0.2, 0.25) is 0 Å². The number of thiazole rings is 1. The van der Waals surface area contributed by atoms with Crippen LogP contribution in [0.5, 0.6) is 0 Å². The van der Waals surface area contributed by atoms with Gasteiger partial charge in [-0.3, -0.25) is 19.0 Å². The molecule has 0 aliphatic rings. The van der Waals surface area contributed by atoms with Crippen molar-refractivity contribution in [3.63, 3.8) is 0 Å². The van der Waals surface area contributed by atoms with Crippen LogP contribution < -0.4 is 16.6 Å². The van der Waals surface area contributed by atoms with Gasteiger partial charge in [-0.05, 0) is 12.1 Å². The van der Waals surface area contributed by atoms with Crippen molar-refractivity contribution in [3.05, 3.63) is 75.1 Å². The van der Waals surface area contributed by atoms with E-state index in [1.54, 1.807) is 17.4 Å². The van der Waals surface area contributed by atoms with Crippen LogP contribution in [0.1, 0.15) is 6.42 Å². The van der Waals surface area contributed by atoms with E-state index in [0.717, 1.165) is 16.2 Å². The largest absolute Gasteiger partial charge is 0.328 e. The Morgan fingerprint density at radius 1 is 1.22 bits per heavy atom. The lowest BCUT2D eigenvalue weighted by Gasteiger charge is -2.07. The van der Waals surface area contributed by atoms with Crippen molar-refractivity contribution in [1.82, 2.24) is 18.9 Å². The van der Waals surface area contributed by atoms with Crippen molar-refractivity contribution in [1.29, 1.82) is 0 Å². The number of amides is 1. The molecule has 0 radical (unpaired) electrons. The highest BCUT2D eigenvalue weighted by Crippen LogP contribution is 2.24. The highest BCUT2D eigenvalue weighted by Gasteiger charge is 2.08. The Bertz CT molecular complexity index is 1200. The molecule has 0 saturated carbocycles. The molecule has 4 rings (SSSR count). The van der Waals surface area contributed by atoms with E-state index in [-0.39, 0.29) is 18.9 Å². The predicted octanol–water partition coefficient (Wildman–Crippen LogP) is 1.94. The molecule has 0 aliphatic carbocycles. The Hall–Kier alpha value is -3.46. The number of carbonyl (C=O) groups excluding carboxylic acids is 1. The number of fused-ring (bicyclic) bond motifs is 1. The molecule has 0 aliphatic heterocycles. The Kier molecular flexibility index (Phi) is 4.43. The summed E-state index contributed by atoms with van der Waals surface area (Å²) in [6, 6.07) is 8.69. The smallest absolute Gasteiger partial charge is 0.326 e. The van der Waals surface area contributed by atoms with E-state index < -0.39 is 11.2 Å². The quantitative estimate of drug-likeness (QED) is 0.552. The number of benzene rings is 1. The fraction of sp³-hybridized carbons (Fsp3) is 0.111. The fourth-order valence-corrected chi connectivity index (χ4v) is 3.39. The highest BCUT2D eigenvalue weighted by molar-refractivity contribution is 7.15. The standard InChI is InChI=1S/C18H15N5O3S/c24-15(4-6-22-7-5-16(25)21-17(22)26)19-13-3-1-2-12(10-13)14-11-23-8-9-27-18(23)20-14/h1-3,5,7-11H,4,6H2,(H,19,24)(H,21,25,26). The molecule has 27 heavy (non-hydrogen) atoms. The number of hydrogen-bond acceptors (Lipinski definition) is 5. The van der Waals surface area contributed by atoms with Crippen molar-refractivity contribution in [3.8, 4) is 11.3 Å². The molecule has 136 valence electrons. The third-order valence-corrected chi connectivity index (χ3v) is 4.78. The number of aromatic nitrogens is 4. The maximum Gasteiger partial charge on any atom is 0.328 e. The van der Waals surface area contributed by atoms with Crippen LogP contribution in [-0.4, -0.2) is 24.8 Å². The minimum Gasteiger partial charge on any atom is -0.326 e. The van der Waals surface area contributed by atoms with Gasteiger partial charge < -0.3 is 9.88 Å². The monoisotopic (exact) mass is 381 g/mol. The average molecular weight is 381 g/mol. The highest BCUT2D eigenvalue weighted by atomic mass is 32.1. The normalized spacial score (nSPS) is 11.0. The summed E-state index contributed by atoms with van der Waals surface area (Å²) < 4.78 is 3.24. The first-order valence-electron chi connectivity index (χ1n) is 8.21. The number of hydrogen-bond donors (Lipinski definition) is 2. The lowest BCUT2D eigenvalue weighted by atomic mass is 10.1. The number of aromatic amines is 1. The predicted molar refractivity (Wildman–Crippen MR) is 103 cm³/mol. The van der Waals surface area contributed by atoms with Crippen molar-refractivity contribution >= 4 is 27.9 Å². The summed E-state index contributed by atoms with van der Waals surface area (Å²) in [6.45, 7) is 0.179. The molecular formula is C18H15N5O3S. The maximum atomic E-state index is 12.2. The molecule has 8 nitrogen and oxygen atoms in total. The summed E-state index contributed by atoms with van der Waals surface area (Å²) in [5, 5.41) is 4.79. The number of nitrogens with one attached hydrogen (secondary N) is 2. The van der Waals surface area contributed by atoms with Gasteiger partial charge >= 0.3 is 5.69 Å². The van der Waals surface area contributed by atoms with Crippen molar-refractivity contribution in [2.24, 2.45) is 0 Å². The van der Waals surface area contributed by atoms with Crippen molar-refractivity contribution < 1.29 is 4.79 Å². The molecule has 3 aromatic heterocycles. The van der Waals surface area contributed by atoms with Gasteiger partial charge in [0, 0.05) is 54.3 Å². The zero-order chi connectivity index (χ0) is 18.8. The average Bonchev–Trinajstić information content (AvgIpc) is 3.23. The van der Waals surface area contributed by atoms with Crippen LogP contribution in [0.3, 0.4) is 0 Å². The van der Waals surface area contributed by atoms with E-state index >= 15 is 0 Å². The maximum absolute atomic E-state index is 12.2. The van der Waals surface area contributed by atoms with Gasteiger partial charge in [-0.25, -0.2) is 9.78 Å². The Labute approximate surface area is 156 Å². The van der Waals surface area contributed by atoms with Gasteiger partial charge in [0.2, 0.25) is 5.91 Å². The molecule has 1 aromatic carbocycles. The lowest BCUT2D eigenvalue weighted by Crippen LogP contribution is -2.29. The summed E-state index contributed by atoms with van der Waals surface area (Å²) in [6.07, 6.45) is 5.37. The van der Waals surface area contributed by atoms with Crippen LogP contribution in [-0.2, 0) is 11.3 Å². The van der Waals surface area contributed by atoms with Crippen LogP contribution in [0.15, 0.2) is 63.9 Å². The Morgan fingerprint density at radius 3 is 2.93 bits per heavy atom. The van der Waals surface area contributed by atoms with Crippen molar-refractivity contribution in [2.75, 3.05) is 5.32 Å². The molecule has 0 bridgehead atoms. The van der Waals surface area contributed by atoms with Crippen LogP contribution >= 0.6 is 11.3 Å². The number of imidazole rings is 1. The van der Waals surface area contributed by atoms with Crippen LogP contribution in [0.25, 0.3) is 16.2 Å². The molecule has 0 spiro atoms. The van der Waals surface area contributed by atoms with Gasteiger partial charge in [0.05, 0.1) is 5.69 Å². The molecule has 0 fully saturated rings. The molecule has 0 unspecified atom stereocenters. The van der Waals surface area contributed by atoms with E-state index in [4.69, 9.17) is 0 Å². The van der Waals surface area contributed by atoms with Gasteiger partial charge in [-0.2, -0.15) is 0 Å². The zero-order valence-corrected chi connectivity index (χ0v) is 14.9. The van der Waals surface area contributed by atoms with E-state index in [9.17, 15) is 14.4 Å². The second-order valence-corrected chi connectivity index (χ2v) is 6.77. The summed E-state index contributed by atoms with van der Waals surface area (Å²) in [5.41, 5.74) is 1.40. The number of anilines is 1. The van der Waals surface area contributed by atoms with E-state index in [2.05, 4.69) is 15.3 Å². The Morgan fingerprint density at radius 2 is 2.11 bits per heavy atom. The first-order valence-corrected chi connectivity index (χ1v) is 9.09. The van der Waals surface area contributed by atoms with E-state index in [1.165, 1.54) is 16.8 Å². The number of nitrogens with zero attached hydrogens (tertiary/aromatic N) is 3. The van der Waals surface area contributed by atoms with E-state index in [0.29, 0.717) is 5.69 Å². The first-order chi connectivity index (χ1) is 13.1. The summed E-state index contributed by atoms with van der Waals surface area (Å²) >= 11 is 1.56. The van der Waals surface area contributed by atoms with Gasteiger partial charge in [-0.15, -0.1) is 11.3 Å². The van der Waals surface area contributed by atoms with E-state index in [1.807, 2.05) is 40.4 Å². The SMILES string of the molecule is O=C(CCn1ccc(=O)[nH]c1=O)Nc1cccc(-c2cn3ccsc3n2)c1. The molecule has 3 heterocycles. The molecule has 2 N–H and O–H groups in total. The summed E-state index contributed by atoms with van der Waals surface area (Å²) in [7, 11) is 0. The third kappa shape index (κ3) is 3.72. The Balaban J connectivity index is 1.44. The second kappa shape index (κ2) is 7.04. The molecule has 4 aromatic rings. The fourth-order valence-electron chi connectivity index (χ4n) is 2.69. The van der Waals surface area contributed by atoms with Crippen LogP contribution in [0, 0.1) is 0 Å². The minimum absolute atomic E-state index is 0.108. The molecule has 0 atom stereocenters. The topological polar surface area (TPSA) is 101 Å². The molecular weight excluding hydrogens is 366 g/mol. The second-order valence-electron chi connectivity index (χ2n) is 5.90. The first kappa shape index (κ1) is 17.0. The van der Waals surface area contributed by atoms with Crippen LogP contribution in [0.4, 0.5) is 5.69 Å². The number of rotatable bonds is 5. The number of aryl methyl sites for hydroxylation is 1. The van der Waals surface area contributed by atoms with Gasteiger partial charge in [0.25, 0.3) is 5.56 Å². The minimum atomic E-state index is -0.531. The van der Waals surface area contributed by atoms with Crippen molar-refractivity contribution in [2.45, 2.75) is 13.0 Å². The number of carbonyl (C=O) groups is 1. The lowest BCUT2D eigenvalue weighted by molar-refractivity contribution is -0.116. The van der Waals surface area contributed by atoms with Gasteiger partial charge in [0.1, 0.15) is 0 Å². The summed E-state index contributed by atoms with van der Waals surface area (Å²) in [4.78, 5) is 42.5.